The first kappa shape index (κ1) is 12.3. The van der Waals surface area contributed by atoms with E-state index in [1.807, 2.05) is 0 Å². The van der Waals surface area contributed by atoms with Crippen molar-refractivity contribution in [3.63, 3.8) is 0 Å². The third kappa shape index (κ3) is 1.70. The summed E-state index contributed by atoms with van der Waals surface area (Å²) in [5.74, 6) is -0.750. The number of carbonyl (C=O) groups is 1. The highest BCUT2D eigenvalue weighted by Crippen LogP contribution is 2.41. The zero-order valence-electron chi connectivity index (χ0n) is 9.58. The maximum absolute atomic E-state index is 12.4. The lowest BCUT2D eigenvalue weighted by molar-refractivity contribution is 0.103. The van der Waals surface area contributed by atoms with Gasteiger partial charge in [-0.1, -0.05) is 23.2 Å². The molecule has 1 aliphatic rings. The molecule has 2 N–H and O–H groups in total. The maximum Gasteiger partial charge on any atom is 0.201 e. The van der Waals surface area contributed by atoms with Gasteiger partial charge in [-0.3, -0.25) is 4.79 Å². The highest BCUT2D eigenvalue weighted by Gasteiger charge is 2.31. The van der Waals surface area contributed by atoms with Gasteiger partial charge in [0, 0.05) is 16.5 Å². The molecule has 96 valence electrons. The summed E-state index contributed by atoms with van der Waals surface area (Å²) in [6.45, 7) is 0. The Bertz CT molecular complexity index is 664. The van der Waals surface area contributed by atoms with Crippen molar-refractivity contribution in [3.8, 4) is 11.5 Å². The van der Waals surface area contributed by atoms with Crippen molar-refractivity contribution >= 4 is 29.0 Å². The Labute approximate surface area is 119 Å². The summed E-state index contributed by atoms with van der Waals surface area (Å²) in [6.07, 6.45) is 0.302. The molecule has 0 unspecified atom stereocenters. The van der Waals surface area contributed by atoms with Gasteiger partial charge in [-0.2, -0.15) is 0 Å². The molecule has 0 radical (unpaired) electrons. The summed E-state index contributed by atoms with van der Waals surface area (Å²) >= 11 is 12.1. The zero-order valence-corrected chi connectivity index (χ0v) is 11.1. The molecule has 2 aromatic rings. The minimum Gasteiger partial charge on any atom is -0.507 e. The van der Waals surface area contributed by atoms with Gasteiger partial charge in [0.1, 0.15) is 11.5 Å². The third-order valence-electron chi connectivity index (χ3n) is 3.28. The number of aromatic hydroxyl groups is 2. The SMILES string of the molecule is O=C1c2c(O)ccc(Cl)c2Cc2c(Cl)ccc(O)c21. The Morgan fingerprint density at radius 1 is 0.842 bits per heavy atom. The molecular weight excluding hydrogens is 287 g/mol. The molecule has 0 saturated carbocycles. The van der Waals surface area contributed by atoms with Gasteiger partial charge in [0.2, 0.25) is 5.78 Å². The molecule has 0 spiro atoms. The number of carbonyl (C=O) groups excluding carboxylic acids is 1. The fourth-order valence-corrected chi connectivity index (χ4v) is 2.82. The van der Waals surface area contributed by atoms with Crippen LogP contribution in [0.25, 0.3) is 0 Å². The normalized spacial score (nSPS) is 13.1. The number of rotatable bonds is 0. The van der Waals surface area contributed by atoms with E-state index >= 15 is 0 Å². The Morgan fingerprint density at radius 3 is 1.68 bits per heavy atom. The van der Waals surface area contributed by atoms with Crippen LogP contribution in [0.4, 0.5) is 0 Å². The van der Waals surface area contributed by atoms with Gasteiger partial charge >= 0.3 is 0 Å². The van der Waals surface area contributed by atoms with Crippen molar-refractivity contribution in [2.75, 3.05) is 0 Å². The first-order valence-corrected chi connectivity index (χ1v) is 6.31. The molecule has 0 fully saturated rings. The second kappa shape index (κ2) is 4.15. The van der Waals surface area contributed by atoms with Gasteiger partial charge in [-0.15, -0.1) is 0 Å². The van der Waals surface area contributed by atoms with Crippen LogP contribution in [0.1, 0.15) is 27.0 Å². The number of hydrogen-bond acceptors (Lipinski definition) is 3. The minimum absolute atomic E-state index is 0.137. The Hall–Kier alpha value is -1.71. The van der Waals surface area contributed by atoms with Crippen LogP contribution in [-0.4, -0.2) is 16.0 Å². The quantitative estimate of drug-likeness (QED) is 0.667. The van der Waals surface area contributed by atoms with Crippen LogP contribution in [0.2, 0.25) is 10.0 Å². The summed E-state index contributed by atoms with van der Waals surface area (Å²) in [4.78, 5) is 12.4. The van der Waals surface area contributed by atoms with E-state index < -0.39 is 5.78 Å². The number of ketones is 1. The molecule has 19 heavy (non-hydrogen) atoms. The van der Waals surface area contributed by atoms with E-state index in [1.165, 1.54) is 24.3 Å². The number of hydrogen-bond donors (Lipinski definition) is 2. The van der Waals surface area contributed by atoms with Crippen LogP contribution < -0.4 is 0 Å². The van der Waals surface area contributed by atoms with E-state index in [-0.39, 0.29) is 22.6 Å². The molecule has 0 saturated heterocycles. The average molecular weight is 295 g/mol. The minimum atomic E-state index is -0.462. The summed E-state index contributed by atoms with van der Waals surface area (Å²) in [7, 11) is 0. The summed E-state index contributed by atoms with van der Waals surface area (Å²) in [6, 6.07) is 5.80. The van der Waals surface area contributed by atoms with Gasteiger partial charge in [0.25, 0.3) is 0 Å². The lowest BCUT2D eigenvalue weighted by atomic mass is 9.84. The van der Waals surface area contributed by atoms with Crippen LogP contribution in [0.5, 0.6) is 11.5 Å². The van der Waals surface area contributed by atoms with Crippen molar-refractivity contribution in [3.05, 3.63) is 56.6 Å². The van der Waals surface area contributed by atoms with E-state index in [0.29, 0.717) is 27.6 Å². The fourth-order valence-electron chi connectivity index (χ4n) is 2.37. The molecule has 5 heteroatoms. The zero-order chi connectivity index (χ0) is 13.7. The number of phenols is 2. The molecule has 3 nitrogen and oxygen atoms in total. The van der Waals surface area contributed by atoms with Crippen LogP contribution in [0.3, 0.4) is 0 Å². The number of phenolic OH excluding ortho intramolecular Hbond substituents is 2. The molecule has 0 heterocycles. The lowest BCUT2D eigenvalue weighted by Gasteiger charge is -2.22. The Balaban J connectivity index is 2.35. The lowest BCUT2D eigenvalue weighted by Crippen LogP contribution is -2.16. The van der Waals surface area contributed by atoms with E-state index in [4.69, 9.17) is 23.2 Å². The van der Waals surface area contributed by atoms with Gasteiger partial charge in [0.05, 0.1) is 11.1 Å². The van der Waals surface area contributed by atoms with Gasteiger partial charge < -0.3 is 10.2 Å². The van der Waals surface area contributed by atoms with Crippen molar-refractivity contribution in [2.24, 2.45) is 0 Å². The van der Waals surface area contributed by atoms with Crippen molar-refractivity contribution in [1.82, 2.24) is 0 Å². The van der Waals surface area contributed by atoms with Crippen molar-refractivity contribution < 1.29 is 15.0 Å². The third-order valence-corrected chi connectivity index (χ3v) is 3.98. The first-order valence-electron chi connectivity index (χ1n) is 5.56. The van der Waals surface area contributed by atoms with Crippen molar-refractivity contribution in [1.29, 1.82) is 0 Å². The Kier molecular flexibility index (Phi) is 2.69. The maximum atomic E-state index is 12.4. The molecule has 0 aromatic heterocycles. The molecule has 3 rings (SSSR count). The second-order valence-corrected chi connectivity index (χ2v) is 5.16. The van der Waals surface area contributed by atoms with Crippen LogP contribution in [0, 0.1) is 0 Å². The molecular formula is C14H8Cl2O3. The highest BCUT2D eigenvalue weighted by molar-refractivity contribution is 6.34. The van der Waals surface area contributed by atoms with Crippen LogP contribution in [-0.2, 0) is 6.42 Å². The molecule has 2 aromatic carbocycles. The summed E-state index contributed by atoms with van der Waals surface area (Å²) < 4.78 is 0. The highest BCUT2D eigenvalue weighted by atomic mass is 35.5. The largest absolute Gasteiger partial charge is 0.507 e. The van der Waals surface area contributed by atoms with Crippen molar-refractivity contribution in [2.45, 2.75) is 6.42 Å². The predicted molar refractivity (Wildman–Crippen MR) is 72.5 cm³/mol. The smallest absolute Gasteiger partial charge is 0.201 e. The molecule has 0 aliphatic heterocycles. The molecule has 0 bridgehead atoms. The summed E-state index contributed by atoms with van der Waals surface area (Å²) in [5.41, 5.74) is 1.34. The Morgan fingerprint density at radius 2 is 1.26 bits per heavy atom. The summed E-state index contributed by atoms with van der Waals surface area (Å²) in [5, 5.41) is 20.5. The fraction of sp³-hybridized carbons (Fsp3) is 0.0714. The number of benzene rings is 2. The van der Waals surface area contributed by atoms with Gasteiger partial charge in [-0.05, 0) is 35.4 Å². The second-order valence-electron chi connectivity index (χ2n) is 4.35. The van der Waals surface area contributed by atoms with Gasteiger partial charge in [-0.25, -0.2) is 0 Å². The van der Waals surface area contributed by atoms with E-state index in [1.54, 1.807) is 0 Å². The number of halogens is 2. The average Bonchev–Trinajstić information content (AvgIpc) is 2.38. The standard InChI is InChI=1S/C14H8Cl2O3/c15-8-1-3-10(17)12-6(8)5-7-9(16)2-4-11(18)13(7)14(12)19/h1-4,17-18H,5H2. The van der Waals surface area contributed by atoms with E-state index in [9.17, 15) is 15.0 Å². The molecule has 0 atom stereocenters. The monoisotopic (exact) mass is 294 g/mol. The van der Waals surface area contributed by atoms with Crippen LogP contribution in [0.15, 0.2) is 24.3 Å². The van der Waals surface area contributed by atoms with Crippen LogP contribution >= 0.6 is 23.2 Å². The number of fused-ring (bicyclic) bond motifs is 2. The molecule has 1 aliphatic carbocycles. The predicted octanol–water partition coefficient (Wildman–Crippen LogP) is 3.54. The van der Waals surface area contributed by atoms with Gasteiger partial charge in [0.15, 0.2) is 0 Å². The van der Waals surface area contributed by atoms with E-state index in [2.05, 4.69) is 0 Å². The topological polar surface area (TPSA) is 57.5 Å². The molecule has 0 amide bonds. The van der Waals surface area contributed by atoms with E-state index in [0.717, 1.165) is 0 Å². The first-order chi connectivity index (χ1) is 9.00.